The number of amides is 1. The van der Waals surface area contributed by atoms with Gasteiger partial charge < -0.3 is 10.1 Å². The molecule has 0 atom stereocenters. The van der Waals surface area contributed by atoms with Crippen molar-refractivity contribution in [3.63, 3.8) is 0 Å². The van der Waals surface area contributed by atoms with Crippen molar-refractivity contribution in [2.75, 3.05) is 7.11 Å². The molecular weight excluding hydrogens is 388 g/mol. The van der Waals surface area contributed by atoms with Gasteiger partial charge in [-0.2, -0.15) is 5.10 Å². The van der Waals surface area contributed by atoms with Crippen LogP contribution >= 0.6 is 0 Å². The summed E-state index contributed by atoms with van der Waals surface area (Å²) in [4.78, 5) is 18.2. The highest BCUT2D eigenvalue weighted by molar-refractivity contribution is 6.06. The number of carbonyl (C=O) groups is 1. The topological polar surface area (TPSA) is 69.0 Å². The SMILES string of the molecule is COc1cccc(CNC(=O)c2cc(C3CC3)nc3c2c(C)nn3-c2ccccc2)c1. The van der Waals surface area contributed by atoms with Gasteiger partial charge in [0, 0.05) is 18.2 Å². The van der Waals surface area contributed by atoms with E-state index in [9.17, 15) is 4.79 Å². The number of nitrogens with one attached hydrogen (secondary N) is 1. The predicted molar refractivity (Wildman–Crippen MR) is 120 cm³/mol. The zero-order valence-electron chi connectivity index (χ0n) is 17.6. The molecule has 1 aliphatic rings. The van der Waals surface area contributed by atoms with Crippen molar-refractivity contribution in [1.29, 1.82) is 0 Å². The van der Waals surface area contributed by atoms with E-state index in [0.717, 1.165) is 52.3 Å². The first-order chi connectivity index (χ1) is 15.1. The number of rotatable bonds is 6. The van der Waals surface area contributed by atoms with Gasteiger partial charge in [0.25, 0.3) is 5.91 Å². The van der Waals surface area contributed by atoms with Crippen molar-refractivity contribution >= 4 is 16.9 Å². The van der Waals surface area contributed by atoms with Crippen molar-refractivity contribution in [3.05, 3.63) is 83.2 Å². The standard InChI is InChI=1S/C25H24N4O2/c1-16-23-21(25(30)26-15-17-7-6-10-20(13-17)31-2)14-22(18-11-12-18)27-24(23)29(28-16)19-8-4-3-5-9-19/h3-10,13-14,18H,11-12,15H2,1-2H3,(H,26,30). The van der Waals surface area contributed by atoms with E-state index >= 15 is 0 Å². The second-order valence-corrected chi connectivity index (χ2v) is 7.93. The lowest BCUT2D eigenvalue weighted by Gasteiger charge is -2.10. The molecule has 0 bridgehead atoms. The molecule has 2 heterocycles. The monoisotopic (exact) mass is 412 g/mol. The van der Waals surface area contributed by atoms with Crippen molar-refractivity contribution in [2.24, 2.45) is 0 Å². The van der Waals surface area contributed by atoms with E-state index < -0.39 is 0 Å². The van der Waals surface area contributed by atoms with E-state index in [1.54, 1.807) is 7.11 Å². The summed E-state index contributed by atoms with van der Waals surface area (Å²) in [6, 6.07) is 19.6. The molecule has 2 aromatic heterocycles. The van der Waals surface area contributed by atoms with Gasteiger partial charge in [0.2, 0.25) is 0 Å². The van der Waals surface area contributed by atoms with Crippen LogP contribution in [0.15, 0.2) is 60.7 Å². The van der Waals surface area contributed by atoms with Gasteiger partial charge in [-0.15, -0.1) is 0 Å². The quantitative estimate of drug-likeness (QED) is 0.505. The van der Waals surface area contributed by atoms with E-state index in [4.69, 9.17) is 14.8 Å². The van der Waals surface area contributed by atoms with Crippen LogP contribution < -0.4 is 10.1 Å². The second kappa shape index (κ2) is 7.87. The van der Waals surface area contributed by atoms with Crippen molar-refractivity contribution in [1.82, 2.24) is 20.1 Å². The number of aryl methyl sites for hydroxylation is 1. The van der Waals surface area contributed by atoms with Gasteiger partial charge in [-0.25, -0.2) is 9.67 Å². The van der Waals surface area contributed by atoms with Gasteiger partial charge >= 0.3 is 0 Å². The Labute approximate surface area is 180 Å². The number of benzene rings is 2. The Morgan fingerprint density at radius 3 is 2.68 bits per heavy atom. The van der Waals surface area contributed by atoms with Crippen molar-refractivity contribution in [2.45, 2.75) is 32.2 Å². The highest BCUT2D eigenvalue weighted by Crippen LogP contribution is 2.40. The maximum atomic E-state index is 13.3. The third-order valence-corrected chi connectivity index (χ3v) is 5.66. The van der Waals surface area contributed by atoms with Gasteiger partial charge in [-0.05, 0) is 55.7 Å². The van der Waals surface area contributed by atoms with E-state index in [0.29, 0.717) is 18.0 Å². The first-order valence-electron chi connectivity index (χ1n) is 10.5. The van der Waals surface area contributed by atoms with Crippen LogP contribution in [0.3, 0.4) is 0 Å². The van der Waals surface area contributed by atoms with Crippen molar-refractivity contribution in [3.8, 4) is 11.4 Å². The summed E-state index contributed by atoms with van der Waals surface area (Å²) in [6.07, 6.45) is 2.23. The molecule has 0 radical (unpaired) electrons. The molecule has 1 saturated carbocycles. The molecule has 1 amide bonds. The molecule has 31 heavy (non-hydrogen) atoms. The van der Waals surface area contributed by atoms with Gasteiger partial charge in [0.05, 0.1) is 29.4 Å². The average molecular weight is 412 g/mol. The Hall–Kier alpha value is -3.67. The fourth-order valence-electron chi connectivity index (χ4n) is 3.88. The molecule has 0 spiro atoms. The molecule has 4 aromatic rings. The Balaban J connectivity index is 1.54. The van der Waals surface area contributed by atoms with Crippen LogP contribution in [-0.2, 0) is 6.54 Å². The maximum Gasteiger partial charge on any atom is 0.252 e. The van der Waals surface area contributed by atoms with E-state index in [2.05, 4.69) is 5.32 Å². The Morgan fingerprint density at radius 2 is 1.94 bits per heavy atom. The Bertz CT molecular complexity index is 1260. The van der Waals surface area contributed by atoms with Crippen LogP contribution in [0.5, 0.6) is 5.75 Å². The highest BCUT2D eigenvalue weighted by Gasteiger charge is 2.29. The number of hydrogen-bond donors (Lipinski definition) is 1. The first-order valence-corrected chi connectivity index (χ1v) is 10.5. The molecule has 156 valence electrons. The van der Waals surface area contributed by atoms with Crippen LogP contribution in [0.4, 0.5) is 0 Å². The molecule has 0 saturated heterocycles. The summed E-state index contributed by atoms with van der Waals surface area (Å²) >= 11 is 0. The van der Waals surface area contributed by atoms with Gasteiger partial charge in [0.15, 0.2) is 5.65 Å². The lowest BCUT2D eigenvalue weighted by Crippen LogP contribution is -2.23. The largest absolute Gasteiger partial charge is 0.497 e. The molecule has 1 N–H and O–H groups in total. The summed E-state index contributed by atoms with van der Waals surface area (Å²) in [7, 11) is 1.64. The maximum absolute atomic E-state index is 13.3. The highest BCUT2D eigenvalue weighted by atomic mass is 16.5. The number of methoxy groups -OCH3 is 1. The number of aromatic nitrogens is 3. The number of para-hydroxylation sites is 1. The molecule has 6 nitrogen and oxygen atoms in total. The number of hydrogen-bond acceptors (Lipinski definition) is 4. The van der Waals surface area contributed by atoms with Gasteiger partial charge in [0.1, 0.15) is 5.75 Å². The smallest absolute Gasteiger partial charge is 0.252 e. The number of carbonyl (C=O) groups excluding carboxylic acids is 1. The third-order valence-electron chi connectivity index (χ3n) is 5.66. The normalized spacial score (nSPS) is 13.4. The lowest BCUT2D eigenvalue weighted by molar-refractivity contribution is 0.0952. The minimum Gasteiger partial charge on any atom is -0.497 e. The number of ether oxygens (including phenoxy) is 1. The van der Waals surface area contributed by atoms with Crippen molar-refractivity contribution < 1.29 is 9.53 Å². The fraction of sp³-hybridized carbons (Fsp3) is 0.240. The molecular formula is C25H24N4O2. The van der Waals surface area contributed by atoms with Crippen LogP contribution in [0, 0.1) is 6.92 Å². The summed E-state index contributed by atoms with van der Waals surface area (Å²) in [5, 5.41) is 8.59. The molecule has 1 fully saturated rings. The summed E-state index contributed by atoms with van der Waals surface area (Å²) in [6.45, 7) is 2.35. The van der Waals surface area contributed by atoms with E-state index in [1.165, 1.54) is 0 Å². The number of nitrogens with zero attached hydrogens (tertiary/aromatic N) is 3. The molecule has 2 aromatic carbocycles. The molecule has 0 aliphatic heterocycles. The molecule has 0 unspecified atom stereocenters. The summed E-state index contributed by atoms with van der Waals surface area (Å²) in [5.41, 5.74) is 5.05. The van der Waals surface area contributed by atoms with Crippen LogP contribution in [-0.4, -0.2) is 27.8 Å². The Morgan fingerprint density at radius 1 is 1.13 bits per heavy atom. The van der Waals surface area contributed by atoms with E-state index in [1.807, 2.05) is 72.3 Å². The lowest BCUT2D eigenvalue weighted by atomic mass is 10.1. The second-order valence-electron chi connectivity index (χ2n) is 7.93. The predicted octanol–water partition coefficient (Wildman–Crippen LogP) is 4.54. The molecule has 1 aliphatic carbocycles. The fourth-order valence-corrected chi connectivity index (χ4v) is 3.88. The minimum atomic E-state index is -0.118. The summed E-state index contributed by atoms with van der Waals surface area (Å²) in [5.74, 6) is 1.08. The third kappa shape index (κ3) is 3.77. The zero-order valence-corrected chi connectivity index (χ0v) is 17.6. The Kier molecular flexibility index (Phi) is 4.90. The molecule has 5 rings (SSSR count). The van der Waals surface area contributed by atoms with Crippen LogP contribution in [0.1, 0.15) is 46.1 Å². The number of fused-ring (bicyclic) bond motifs is 1. The van der Waals surface area contributed by atoms with Crippen LogP contribution in [0.25, 0.3) is 16.7 Å². The van der Waals surface area contributed by atoms with E-state index in [-0.39, 0.29) is 5.91 Å². The van der Waals surface area contributed by atoms with Crippen LogP contribution in [0.2, 0.25) is 0 Å². The first kappa shape index (κ1) is 19.3. The van der Waals surface area contributed by atoms with Gasteiger partial charge in [-0.3, -0.25) is 4.79 Å². The van der Waals surface area contributed by atoms with Gasteiger partial charge in [-0.1, -0.05) is 30.3 Å². The summed E-state index contributed by atoms with van der Waals surface area (Å²) < 4.78 is 7.12. The average Bonchev–Trinajstić information content (AvgIpc) is 3.61. The molecule has 6 heteroatoms. The zero-order chi connectivity index (χ0) is 21.4. The number of pyridine rings is 1. The minimum absolute atomic E-state index is 0.118.